The molecule has 5 nitrogen and oxygen atoms in total. The fourth-order valence-corrected chi connectivity index (χ4v) is 3.08. The predicted octanol–water partition coefficient (Wildman–Crippen LogP) is 4.30. The van der Waals surface area contributed by atoms with E-state index in [2.05, 4.69) is 10.2 Å². The van der Waals surface area contributed by atoms with Crippen molar-refractivity contribution in [2.45, 2.75) is 6.92 Å². The quantitative estimate of drug-likeness (QED) is 0.511. The summed E-state index contributed by atoms with van der Waals surface area (Å²) in [6.07, 6.45) is 1.94. The highest BCUT2D eigenvalue weighted by Crippen LogP contribution is 2.27. The second-order valence-electron chi connectivity index (χ2n) is 6.20. The van der Waals surface area contributed by atoms with Crippen LogP contribution in [0.25, 0.3) is 28.2 Å². The smallest absolute Gasteiger partial charge is 0.337 e. The van der Waals surface area contributed by atoms with Crippen LogP contribution >= 0.6 is 0 Å². The Morgan fingerprint density at radius 1 is 1.00 bits per heavy atom. The minimum Gasteiger partial charge on any atom is -0.465 e. The first-order chi connectivity index (χ1) is 13.1. The van der Waals surface area contributed by atoms with Crippen molar-refractivity contribution >= 4 is 11.6 Å². The molecule has 0 saturated carbocycles. The van der Waals surface area contributed by atoms with Crippen LogP contribution in [0.15, 0.2) is 60.8 Å². The number of carbonyl (C=O) groups is 1. The van der Waals surface area contributed by atoms with Gasteiger partial charge in [-0.3, -0.25) is 4.40 Å². The van der Waals surface area contributed by atoms with Crippen molar-refractivity contribution in [1.82, 2.24) is 14.6 Å². The Hall–Kier alpha value is -3.54. The number of halogens is 1. The molecule has 4 rings (SSSR count). The van der Waals surface area contributed by atoms with Crippen molar-refractivity contribution in [2.24, 2.45) is 0 Å². The number of aromatic nitrogens is 3. The number of rotatable bonds is 3. The van der Waals surface area contributed by atoms with E-state index in [1.54, 1.807) is 24.3 Å². The van der Waals surface area contributed by atoms with Crippen molar-refractivity contribution in [2.75, 3.05) is 7.11 Å². The second kappa shape index (κ2) is 6.64. The van der Waals surface area contributed by atoms with Gasteiger partial charge in [0.2, 0.25) is 0 Å². The topological polar surface area (TPSA) is 56.5 Å². The number of ether oxygens (including phenoxy) is 1. The van der Waals surface area contributed by atoms with Crippen LogP contribution in [0.3, 0.4) is 0 Å². The van der Waals surface area contributed by atoms with Crippen molar-refractivity contribution in [3.63, 3.8) is 0 Å². The van der Waals surface area contributed by atoms with Crippen molar-refractivity contribution in [3.05, 3.63) is 77.7 Å². The van der Waals surface area contributed by atoms with Crippen LogP contribution in [0.4, 0.5) is 4.39 Å². The van der Waals surface area contributed by atoms with Crippen LogP contribution in [0.1, 0.15) is 15.9 Å². The van der Waals surface area contributed by atoms with E-state index in [0.29, 0.717) is 17.0 Å². The van der Waals surface area contributed by atoms with Crippen LogP contribution in [-0.2, 0) is 4.74 Å². The number of pyridine rings is 1. The van der Waals surface area contributed by atoms with E-state index in [9.17, 15) is 9.18 Å². The number of benzene rings is 2. The van der Waals surface area contributed by atoms with Crippen LogP contribution < -0.4 is 0 Å². The monoisotopic (exact) mass is 361 g/mol. The van der Waals surface area contributed by atoms with Gasteiger partial charge in [-0.25, -0.2) is 9.18 Å². The lowest BCUT2D eigenvalue weighted by Crippen LogP contribution is -2.01. The van der Waals surface area contributed by atoms with Gasteiger partial charge in [-0.15, -0.1) is 10.2 Å². The largest absolute Gasteiger partial charge is 0.465 e. The average molecular weight is 361 g/mol. The molecule has 0 saturated heterocycles. The summed E-state index contributed by atoms with van der Waals surface area (Å²) >= 11 is 0. The lowest BCUT2D eigenvalue weighted by molar-refractivity contribution is 0.0600. The average Bonchev–Trinajstić information content (AvgIpc) is 3.11. The Labute approximate surface area is 155 Å². The maximum absolute atomic E-state index is 13.2. The van der Waals surface area contributed by atoms with Crippen molar-refractivity contribution < 1.29 is 13.9 Å². The zero-order chi connectivity index (χ0) is 19.0. The molecule has 0 N–H and O–H groups in total. The molecule has 0 aliphatic carbocycles. The number of nitrogens with zero attached hydrogens (tertiary/aromatic N) is 3. The number of carbonyl (C=O) groups excluding carboxylic acids is 1. The first-order valence-electron chi connectivity index (χ1n) is 8.37. The summed E-state index contributed by atoms with van der Waals surface area (Å²) in [5, 5.41) is 8.41. The molecule has 0 unspecified atom stereocenters. The predicted molar refractivity (Wildman–Crippen MR) is 99.9 cm³/mol. The first-order valence-corrected chi connectivity index (χ1v) is 8.37. The number of hydrogen-bond acceptors (Lipinski definition) is 4. The molecular weight excluding hydrogens is 345 g/mol. The van der Waals surface area contributed by atoms with Gasteiger partial charge < -0.3 is 4.74 Å². The van der Waals surface area contributed by atoms with E-state index in [1.165, 1.54) is 19.2 Å². The second-order valence-corrected chi connectivity index (χ2v) is 6.20. The molecule has 0 atom stereocenters. The Morgan fingerprint density at radius 2 is 1.74 bits per heavy atom. The molecule has 0 radical (unpaired) electrons. The van der Waals surface area contributed by atoms with Gasteiger partial charge >= 0.3 is 5.97 Å². The molecule has 4 aromatic rings. The molecule has 134 valence electrons. The molecule has 0 aliphatic heterocycles. The highest BCUT2D eigenvalue weighted by molar-refractivity contribution is 5.90. The SMILES string of the molecule is COC(=O)c1ccc(-c2ccc3nnc(-c4ccc(F)cc4)n3c2)c(C)c1. The summed E-state index contributed by atoms with van der Waals surface area (Å²) in [6.45, 7) is 1.94. The number of aryl methyl sites for hydroxylation is 1. The van der Waals surface area contributed by atoms with E-state index >= 15 is 0 Å². The molecule has 0 bridgehead atoms. The molecule has 2 aromatic carbocycles. The normalized spacial score (nSPS) is 10.9. The molecular formula is C21H16FN3O2. The third-order valence-corrected chi connectivity index (χ3v) is 4.46. The number of methoxy groups -OCH3 is 1. The summed E-state index contributed by atoms with van der Waals surface area (Å²) in [6, 6.07) is 15.4. The van der Waals surface area contributed by atoms with E-state index in [0.717, 1.165) is 22.3 Å². The summed E-state index contributed by atoms with van der Waals surface area (Å²) in [7, 11) is 1.36. The van der Waals surface area contributed by atoms with Gasteiger partial charge in [0.05, 0.1) is 12.7 Å². The molecule has 6 heteroatoms. The maximum Gasteiger partial charge on any atom is 0.337 e. The lowest BCUT2D eigenvalue weighted by atomic mass is 9.99. The highest BCUT2D eigenvalue weighted by Gasteiger charge is 2.12. The van der Waals surface area contributed by atoms with Gasteiger partial charge in [0.25, 0.3) is 0 Å². The van der Waals surface area contributed by atoms with Gasteiger partial charge in [0.15, 0.2) is 11.5 Å². The standard InChI is InChI=1S/C21H16FN3O2/c1-13-11-15(21(26)27-2)5-9-18(13)16-6-10-19-23-24-20(25(19)12-16)14-3-7-17(22)8-4-14/h3-12H,1-2H3. The summed E-state index contributed by atoms with van der Waals surface area (Å²) in [5.41, 5.74) is 4.88. The Balaban J connectivity index is 1.81. The van der Waals surface area contributed by atoms with Crippen LogP contribution in [0.2, 0.25) is 0 Å². The number of hydrogen-bond donors (Lipinski definition) is 0. The maximum atomic E-state index is 13.2. The van der Waals surface area contributed by atoms with Gasteiger partial charge in [0.1, 0.15) is 5.82 Å². The third-order valence-electron chi connectivity index (χ3n) is 4.46. The van der Waals surface area contributed by atoms with Gasteiger partial charge in [0, 0.05) is 11.8 Å². The van der Waals surface area contributed by atoms with E-state index in [4.69, 9.17) is 4.74 Å². The third kappa shape index (κ3) is 3.06. The zero-order valence-corrected chi connectivity index (χ0v) is 14.8. The summed E-state index contributed by atoms with van der Waals surface area (Å²) < 4.78 is 19.9. The first kappa shape index (κ1) is 16.9. The Bertz CT molecular complexity index is 1150. The molecule has 0 amide bonds. The van der Waals surface area contributed by atoms with Gasteiger partial charge in [-0.1, -0.05) is 6.07 Å². The lowest BCUT2D eigenvalue weighted by Gasteiger charge is -2.09. The van der Waals surface area contributed by atoms with E-state index in [1.807, 2.05) is 35.7 Å². The zero-order valence-electron chi connectivity index (χ0n) is 14.8. The summed E-state index contributed by atoms with van der Waals surface area (Å²) in [5.74, 6) is -0.0252. The fraction of sp³-hybridized carbons (Fsp3) is 0.0952. The molecule has 0 fully saturated rings. The van der Waals surface area contributed by atoms with E-state index in [-0.39, 0.29) is 11.8 Å². The minimum absolute atomic E-state index is 0.297. The van der Waals surface area contributed by atoms with Crippen molar-refractivity contribution in [3.8, 4) is 22.5 Å². The van der Waals surface area contributed by atoms with Crippen LogP contribution in [0, 0.1) is 12.7 Å². The summed E-state index contributed by atoms with van der Waals surface area (Å²) in [4.78, 5) is 11.7. The number of fused-ring (bicyclic) bond motifs is 1. The molecule has 0 spiro atoms. The highest BCUT2D eigenvalue weighted by atomic mass is 19.1. The van der Waals surface area contributed by atoms with Crippen LogP contribution in [-0.4, -0.2) is 27.7 Å². The minimum atomic E-state index is -0.363. The Morgan fingerprint density at radius 3 is 2.44 bits per heavy atom. The Kier molecular flexibility index (Phi) is 4.16. The van der Waals surface area contributed by atoms with Crippen molar-refractivity contribution in [1.29, 1.82) is 0 Å². The van der Waals surface area contributed by atoms with Crippen LogP contribution in [0.5, 0.6) is 0 Å². The molecule has 0 aliphatic rings. The molecule has 27 heavy (non-hydrogen) atoms. The van der Waals surface area contributed by atoms with Gasteiger partial charge in [-0.05, 0) is 72.1 Å². The number of esters is 1. The van der Waals surface area contributed by atoms with E-state index < -0.39 is 0 Å². The van der Waals surface area contributed by atoms with Gasteiger partial charge in [-0.2, -0.15) is 0 Å². The molecule has 2 aromatic heterocycles. The fourth-order valence-electron chi connectivity index (χ4n) is 3.08. The molecule has 2 heterocycles.